The van der Waals surface area contributed by atoms with Crippen molar-refractivity contribution in [3.63, 3.8) is 0 Å². The zero-order valence-electron chi connectivity index (χ0n) is 12.8. The third-order valence-electron chi connectivity index (χ3n) is 3.99. The van der Waals surface area contributed by atoms with Crippen molar-refractivity contribution >= 4 is 11.6 Å². The summed E-state index contributed by atoms with van der Waals surface area (Å²) in [6.07, 6.45) is 0. The molecule has 0 radical (unpaired) electrons. The lowest BCUT2D eigenvalue weighted by atomic mass is 9.88. The summed E-state index contributed by atoms with van der Waals surface area (Å²) >= 11 is 0. The van der Waals surface area contributed by atoms with E-state index in [1.165, 1.54) is 5.56 Å². The second kappa shape index (κ2) is 5.81. The van der Waals surface area contributed by atoms with Gasteiger partial charge in [-0.05, 0) is 43.7 Å². The van der Waals surface area contributed by atoms with Crippen molar-refractivity contribution < 1.29 is 9.53 Å². The van der Waals surface area contributed by atoms with Gasteiger partial charge in [-0.15, -0.1) is 0 Å². The number of carbonyl (C=O) groups is 1. The third kappa shape index (κ3) is 2.46. The minimum Gasteiger partial charge on any atom is -0.494 e. The van der Waals surface area contributed by atoms with E-state index in [-0.39, 0.29) is 11.9 Å². The maximum Gasteiger partial charge on any atom is 0.247 e. The highest BCUT2D eigenvalue weighted by Gasteiger charge is 2.46. The molecule has 1 amide bonds. The Morgan fingerprint density at radius 2 is 1.73 bits per heavy atom. The summed E-state index contributed by atoms with van der Waals surface area (Å²) in [7, 11) is 0. The molecule has 1 fully saturated rings. The lowest BCUT2D eigenvalue weighted by molar-refractivity contribution is -0.126. The number of rotatable bonds is 4. The first kappa shape index (κ1) is 14.6. The fraction of sp³-hybridized carbons (Fsp3) is 0.278. The Kier molecular flexibility index (Phi) is 3.86. The normalized spacial score (nSPS) is 20.7. The van der Waals surface area contributed by atoms with Crippen molar-refractivity contribution in [2.24, 2.45) is 5.73 Å². The lowest BCUT2D eigenvalue weighted by Gasteiger charge is -2.45. The third-order valence-corrected chi connectivity index (χ3v) is 3.99. The van der Waals surface area contributed by atoms with Crippen LogP contribution in [0.2, 0.25) is 0 Å². The second-order valence-electron chi connectivity index (χ2n) is 5.52. The van der Waals surface area contributed by atoms with E-state index in [9.17, 15) is 4.79 Å². The van der Waals surface area contributed by atoms with Gasteiger partial charge in [0.1, 0.15) is 11.8 Å². The Labute approximate surface area is 130 Å². The number of nitrogens with two attached hydrogens (primary N) is 1. The highest BCUT2D eigenvalue weighted by atomic mass is 16.5. The maximum atomic E-state index is 12.2. The minimum atomic E-state index is -0.478. The van der Waals surface area contributed by atoms with Crippen LogP contribution < -0.4 is 15.4 Å². The summed E-state index contributed by atoms with van der Waals surface area (Å²) in [6, 6.07) is 15.1. The quantitative estimate of drug-likeness (QED) is 0.883. The standard InChI is InChI=1S/C18H20N2O2/c1-3-22-15-10-8-14(9-11-15)20-17(16(19)18(20)21)13-6-4-12(2)5-7-13/h4-11,16-17H,3,19H2,1-2H3/t16-,17+/m0/s1. The summed E-state index contributed by atoms with van der Waals surface area (Å²) in [5, 5.41) is 0. The Morgan fingerprint density at radius 3 is 2.32 bits per heavy atom. The fourth-order valence-corrected chi connectivity index (χ4v) is 2.79. The summed E-state index contributed by atoms with van der Waals surface area (Å²) < 4.78 is 5.44. The molecule has 22 heavy (non-hydrogen) atoms. The highest BCUT2D eigenvalue weighted by Crippen LogP contribution is 2.38. The Bertz CT molecular complexity index is 664. The van der Waals surface area contributed by atoms with Crippen LogP contribution in [0.5, 0.6) is 5.75 Å². The second-order valence-corrected chi connectivity index (χ2v) is 5.52. The molecule has 0 unspecified atom stereocenters. The lowest BCUT2D eigenvalue weighted by Crippen LogP contribution is -2.63. The molecule has 2 N–H and O–H groups in total. The SMILES string of the molecule is CCOc1ccc(N2C(=O)[C@@H](N)[C@H]2c2ccc(C)cc2)cc1. The van der Waals surface area contributed by atoms with Gasteiger partial charge in [0.15, 0.2) is 0 Å². The first-order valence-corrected chi connectivity index (χ1v) is 7.50. The molecule has 0 aliphatic carbocycles. The van der Waals surface area contributed by atoms with Crippen molar-refractivity contribution in [1.82, 2.24) is 0 Å². The molecule has 1 heterocycles. The largest absolute Gasteiger partial charge is 0.494 e. The zero-order valence-corrected chi connectivity index (χ0v) is 12.8. The van der Waals surface area contributed by atoms with E-state index in [0.29, 0.717) is 6.61 Å². The van der Waals surface area contributed by atoms with Crippen LogP contribution in [-0.4, -0.2) is 18.6 Å². The van der Waals surface area contributed by atoms with Gasteiger partial charge in [-0.3, -0.25) is 4.79 Å². The molecule has 1 aliphatic rings. The van der Waals surface area contributed by atoms with E-state index in [2.05, 4.69) is 0 Å². The number of β-lactam (4-membered cyclic amide) rings is 1. The summed E-state index contributed by atoms with van der Waals surface area (Å²) in [4.78, 5) is 13.9. The van der Waals surface area contributed by atoms with Crippen LogP contribution in [0.4, 0.5) is 5.69 Å². The van der Waals surface area contributed by atoms with Gasteiger partial charge in [-0.25, -0.2) is 0 Å². The molecule has 3 rings (SSSR count). The first-order valence-electron chi connectivity index (χ1n) is 7.50. The van der Waals surface area contributed by atoms with Gasteiger partial charge in [-0.2, -0.15) is 0 Å². The predicted molar refractivity (Wildman–Crippen MR) is 87.0 cm³/mol. The van der Waals surface area contributed by atoms with E-state index in [1.54, 1.807) is 4.90 Å². The van der Waals surface area contributed by atoms with E-state index < -0.39 is 6.04 Å². The number of ether oxygens (including phenoxy) is 1. The van der Waals surface area contributed by atoms with E-state index in [0.717, 1.165) is 17.0 Å². The number of carbonyl (C=O) groups excluding carboxylic acids is 1. The number of anilines is 1. The van der Waals surface area contributed by atoms with Gasteiger partial charge >= 0.3 is 0 Å². The molecular weight excluding hydrogens is 276 g/mol. The van der Waals surface area contributed by atoms with Gasteiger partial charge in [0, 0.05) is 5.69 Å². The van der Waals surface area contributed by atoms with Crippen molar-refractivity contribution in [3.05, 3.63) is 59.7 Å². The van der Waals surface area contributed by atoms with Crippen molar-refractivity contribution in [3.8, 4) is 5.75 Å². The molecule has 0 spiro atoms. The molecule has 1 saturated heterocycles. The maximum absolute atomic E-state index is 12.2. The van der Waals surface area contributed by atoms with Crippen LogP contribution in [0.25, 0.3) is 0 Å². The molecule has 114 valence electrons. The van der Waals surface area contributed by atoms with Crippen LogP contribution in [0.1, 0.15) is 24.1 Å². The van der Waals surface area contributed by atoms with Gasteiger partial charge in [-0.1, -0.05) is 29.8 Å². The number of nitrogens with zero attached hydrogens (tertiary/aromatic N) is 1. The molecular formula is C18H20N2O2. The molecule has 0 bridgehead atoms. The predicted octanol–water partition coefficient (Wildman–Crippen LogP) is 2.81. The Morgan fingerprint density at radius 1 is 1.09 bits per heavy atom. The van der Waals surface area contributed by atoms with Crippen molar-refractivity contribution in [2.75, 3.05) is 11.5 Å². The van der Waals surface area contributed by atoms with Crippen molar-refractivity contribution in [1.29, 1.82) is 0 Å². The smallest absolute Gasteiger partial charge is 0.247 e. The number of amides is 1. The van der Waals surface area contributed by atoms with Gasteiger partial charge in [0.25, 0.3) is 0 Å². The minimum absolute atomic E-state index is 0.0465. The average Bonchev–Trinajstić information content (AvgIpc) is 2.54. The Balaban J connectivity index is 1.87. The fourth-order valence-electron chi connectivity index (χ4n) is 2.79. The molecule has 0 aromatic heterocycles. The monoisotopic (exact) mass is 296 g/mol. The molecule has 4 nitrogen and oxygen atoms in total. The molecule has 2 aromatic carbocycles. The first-order chi connectivity index (χ1) is 10.6. The molecule has 1 aliphatic heterocycles. The van der Waals surface area contributed by atoms with Crippen LogP contribution >= 0.6 is 0 Å². The summed E-state index contributed by atoms with van der Waals surface area (Å²) in [5.74, 6) is 0.755. The summed E-state index contributed by atoms with van der Waals surface area (Å²) in [6.45, 7) is 4.61. The van der Waals surface area contributed by atoms with Crippen LogP contribution in [0.3, 0.4) is 0 Å². The van der Waals surface area contributed by atoms with E-state index in [1.807, 2.05) is 62.4 Å². The number of hydrogen-bond donors (Lipinski definition) is 1. The van der Waals surface area contributed by atoms with Crippen LogP contribution in [0.15, 0.2) is 48.5 Å². The van der Waals surface area contributed by atoms with Crippen molar-refractivity contribution in [2.45, 2.75) is 25.9 Å². The van der Waals surface area contributed by atoms with Gasteiger partial charge in [0.05, 0.1) is 12.6 Å². The van der Waals surface area contributed by atoms with E-state index >= 15 is 0 Å². The zero-order chi connectivity index (χ0) is 15.7. The number of aryl methyl sites for hydroxylation is 1. The number of hydrogen-bond acceptors (Lipinski definition) is 3. The Hall–Kier alpha value is -2.33. The van der Waals surface area contributed by atoms with Gasteiger partial charge < -0.3 is 15.4 Å². The average molecular weight is 296 g/mol. The summed E-state index contributed by atoms with van der Waals surface area (Å²) in [5.41, 5.74) is 9.13. The molecule has 4 heteroatoms. The molecule has 0 saturated carbocycles. The highest BCUT2D eigenvalue weighted by molar-refractivity contribution is 6.05. The van der Waals surface area contributed by atoms with Gasteiger partial charge in [0.2, 0.25) is 5.91 Å². The molecule has 2 aromatic rings. The topological polar surface area (TPSA) is 55.6 Å². The van der Waals surface area contributed by atoms with Crippen LogP contribution in [0, 0.1) is 6.92 Å². The number of benzene rings is 2. The van der Waals surface area contributed by atoms with Crippen LogP contribution in [-0.2, 0) is 4.79 Å². The molecule has 2 atom stereocenters. The van der Waals surface area contributed by atoms with E-state index in [4.69, 9.17) is 10.5 Å².